The average Bonchev–Trinajstić information content (AvgIpc) is 3.02. The van der Waals surface area contributed by atoms with Crippen LogP contribution in [0.5, 0.6) is 17.2 Å². The van der Waals surface area contributed by atoms with E-state index >= 15 is 0 Å². The van der Waals surface area contributed by atoms with Gasteiger partial charge >= 0.3 is 0 Å². The Balaban J connectivity index is 1.33. The Morgan fingerprint density at radius 1 is 0.951 bits per heavy atom. The number of nitrogens with one attached hydrogen (secondary N) is 1. The first-order valence-corrected chi connectivity index (χ1v) is 14.9. The molecule has 11 heteroatoms. The number of ether oxygens (including phenoxy) is 3. The van der Waals surface area contributed by atoms with E-state index in [4.69, 9.17) is 14.2 Å². The number of fused-ring (bicyclic) bond motifs is 1. The standard InChI is InChI=1S/C30H33N3O7S/c1-38-26-15-14-23(17-27(26)39-2)41(36,37)32-16-8-11-22(19-32)30(35)33-20-28(40-25-13-7-6-12-24(25)33)29(34)31-18-21-9-4-3-5-10-21/h3-7,9-10,12-15,17,22,28H,8,11,16,18-20H2,1-2H3,(H,31,34)/t22-,28+/m1/s1. The molecule has 1 N–H and O–H groups in total. The van der Waals surface area contributed by atoms with Gasteiger partial charge in [0.05, 0.1) is 37.3 Å². The summed E-state index contributed by atoms with van der Waals surface area (Å²) in [4.78, 5) is 28.6. The predicted molar refractivity (Wildman–Crippen MR) is 153 cm³/mol. The molecule has 2 heterocycles. The van der Waals surface area contributed by atoms with E-state index < -0.39 is 22.0 Å². The fourth-order valence-electron chi connectivity index (χ4n) is 5.19. The Morgan fingerprint density at radius 2 is 1.68 bits per heavy atom. The number of benzene rings is 3. The van der Waals surface area contributed by atoms with Crippen LogP contribution in [0, 0.1) is 5.92 Å². The second-order valence-corrected chi connectivity index (χ2v) is 11.9. The van der Waals surface area contributed by atoms with Crippen LogP contribution < -0.4 is 24.4 Å². The third-order valence-corrected chi connectivity index (χ3v) is 9.23. The second-order valence-electron chi connectivity index (χ2n) is 9.95. The number of para-hydroxylation sites is 2. The third kappa shape index (κ3) is 6.01. The Kier molecular flexibility index (Phi) is 8.46. The van der Waals surface area contributed by atoms with Gasteiger partial charge in [0.1, 0.15) is 5.75 Å². The van der Waals surface area contributed by atoms with Crippen LogP contribution in [0.15, 0.2) is 77.7 Å². The molecule has 3 aromatic rings. The van der Waals surface area contributed by atoms with Crippen molar-refractivity contribution in [2.75, 3.05) is 38.8 Å². The van der Waals surface area contributed by atoms with Crippen molar-refractivity contribution < 1.29 is 32.2 Å². The molecule has 10 nitrogen and oxygen atoms in total. The summed E-state index contributed by atoms with van der Waals surface area (Å²) < 4.78 is 45.0. The summed E-state index contributed by atoms with van der Waals surface area (Å²) in [5.74, 6) is -0.00193. The average molecular weight is 580 g/mol. The monoisotopic (exact) mass is 579 g/mol. The highest BCUT2D eigenvalue weighted by molar-refractivity contribution is 7.89. The van der Waals surface area contributed by atoms with Gasteiger partial charge in [-0.15, -0.1) is 0 Å². The molecule has 0 spiro atoms. The summed E-state index contributed by atoms with van der Waals surface area (Å²) in [7, 11) is -0.973. The molecule has 2 aliphatic heterocycles. The lowest BCUT2D eigenvalue weighted by Gasteiger charge is -2.38. The molecule has 0 unspecified atom stereocenters. The first kappa shape index (κ1) is 28.4. The van der Waals surface area contributed by atoms with Crippen molar-refractivity contribution in [3.63, 3.8) is 0 Å². The van der Waals surface area contributed by atoms with Gasteiger partial charge in [0.2, 0.25) is 15.9 Å². The molecule has 3 aromatic carbocycles. The molecule has 0 aliphatic carbocycles. The number of amides is 2. The topological polar surface area (TPSA) is 114 Å². The van der Waals surface area contributed by atoms with Gasteiger partial charge in [0.25, 0.3) is 5.91 Å². The Hall–Kier alpha value is -4.09. The summed E-state index contributed by atoms with van der Waals surface area (Å²) in [6.07, 6.45) is 0.143. The number of methoxy groups -OCH3 is 2. The van der Waals surface area contributed by atoms with E-state index in [2.05, 4.69) is 5.32 Å². The molecule has 41 heavy (non-hydrogen) atoms. The van der Waals surface area contributed by atoms with Crippen molar-refractivity contribution in [2.45, 2.75) is 30.4 Å². The number of hydrogen-bond acceptors (Lipinski definition) is 7. The quantitative estimate of drug-likeness (QED) is 0.436. The van der Waals surface area contributed by atoms with Crippen LogP contribution in [0.3, 0.4) is 0 Å². The fraction of sp³-hybridized carbons (Fsp3) is 0.333. The Morgan fingerprint density at radius 3 is 2.44 bits per heavy atom. The molecule has 0 radical (unpaired) electrons. The lowest BCUT2D eigenvalue weighted by atomic mass is 9.97. The largest absolute Gasteiger partial charge is 0.493 e. The smallest absolute Gasteiger partial charge is 0.263 e. The number of sulfonamides is 1. The van der Waals surface area contributed by atoms with Gasteiger partial charge in [-0.2, -0.15) is 4.31 Å². The summed E-state index contributed by atoms with van der Waals surface area (Å²) in [6.45, 7) is 0.681. The minimum Gasteiger partial charge on any atom is -0.493 e. The van der Waals surface area contributed by atoms with Crippen molar-refractivity contribution in [2.24, 2.45) is 5.92 Å². The molecule has 0 bridgehead atoms. The minimum atomic E-state index is -3.90. The van der Waals surface area contributed by atoms with Crippen LogP contribution in [-0.2, 0) is 26.2 Å². The first-order chi connectivity index (χ1) is 19.8. The molecule has 216 valence electrons. The minimum absolute atomic E-state index is 0.0232. The van der Waals surface area contributed by atoms with E-state index in [-0.39, 0.29) is 29.8 Å². The lowest BCUT2D eigenvalue weighted by Crippen LogP contribution is -2.53. The van der Waals surface area contributed by atoms with Gasteiger partial charge in [-0.05, 0) is 42.7 Å². The zero-order valence-electron chi connectivity index (χ0n) is 23.0. The number of carbonyl (C=O) groups excluding carboxylic acids is 2. The highest BCUT2D eigenvalue weighted by Crippen LogP contribution is 2.36. The molecule has 1 saturated heterocycles. The van der Waals surface area contributed by atoms with Gasteiger partial charge in [-0.3, -0.25) is 9.59 Å². The summed E-state index contributed by atoms with van der Waals surface area (Å²) >= 11 is 0. The highest BCUT2D eigenvalue weighted by atomic mass is 32.2. The van der Waals surface area contributed by atoms with E-state index in [9.17, 15) is 18.0 Å². The van der Waals surface area contributed by atoms with Crippen LogP contribution in [-0.4, -0.2) is 64.5 Å². The molecule has 0 aromatic heterocycles. The Labute approximate surface area is 239 Å². The van der Waals surface area contributed by atoms with Crippen LogP contribution in [0.4, 0.5) is 5.69 Å². The van der Waals surface area contributed by atoms with Gasteiger partial charge in [0.15, 0.2) is 17.6 Å². The number of nitrogens with zero attached hydrogens (tertiary/aromatic N) is 2. The van der Waals surface area contributed by atoms with Crippen LogP contribution >= 0.6 is 0 Å². The highest BCUT2D eigenvalue weighted by Gasteiger charge is 2.40. The molecular weight excluding hydrogens is 546 g/mol. The predicted octanol–water partition coefficient (Wildman–Crippen LogP) is 3.22. The maximum atomic E-state index is 13.9. The van der Waals surface area contributed by atoms with E-state index in [0.29, 0.717) is 48.9 Å². The van der Waals surface area contributed by atoms with Crippen molar-refractivity contribution >= 4 is 27.5 Å². The number of hydrogen-bond donors (Lipinski definition) is 1. The lowest BCUT2D eigenvalue weighted by molar-refractivity contribution is -0.129. The summed E-state index contributed by atoms with van der Waals surface area (Å²) in [5.41, 5.74) is 1.51. The zero-order valence-corrected chi connectivity index (χ0v) is 23.8. The second kappa shape index (κ2) is 12.2. The van der Waals surface area contributed by atoms with Gasteiger partial charge in [0, 0.05) is 25.7 Å². The molecule has 0 saturated carbocycles. The van der Waals surface area contributed by atoms with Crippen molar-refractivity contribution in [1.82, 2.24) is 9.62 Å². The number of anilines is 1. The third-order valence-electron chi connectivity index (χ3n) is 7.37. The van der Waals surface area contributed by atoms with Crippen molar-refractivity contribution in [1.29, 1.82) is 0 Å². The zero-order chi connectivity index (χ0) is 29.0. The van der Waals surface area contributed by atoms with E-state index in [1.165, 1.54) is 30.7 Å². The summed E-state index contributed by atoms with van der Waals surface area (Å²) in [6, 6.07) is 21.0. The molecule has 1 fully saturated rings. The van der Waals surface area contributed by atoms with Gasteiger partial charge < -0.3 is 24.4 Å². The summed E-state index contributed by atoms with van der Waals surface area (Å²) in [5, 5.41) is 2.89. The Bertz CT molecular complexity index is 1510. The first-order valence-electron chi connectivity index (χ1n) is 13.4. The molecule has 2 atom stereocenters. The van der Waals surface area contributed by atoms with E-state index in [1.807, 2.05) is 30.3 Å². The number of piperidine rings is 1. The van der Waals surface area contributed by atoms with Crippen molar-refractivity contribution in [3.05, 3.63) is 78.4 Å². The maximum absolute atomic E-state index is 13.9. The fourth-order valence-corrected chi connectivity index (χ4v) is 6.73. The molecule has 2 amide bonds. The number of carbonyl (C=O) groups is 2. The van der Waals surface area contributed by atoms with E-state index in [1.54, 1.807) is 35.2 Å². The van der Waals surface area contributed by atoms with Gasteiger partial charge in [-0.1, -0.05) is 42.5 Å². The SMILES string of the molecule is COc1ccc(S(=O)(=O)N2CCC[C@@H](C(=O)N3C[C@@H](C(=O)NCc4ccccc4)Oc4ccccc43)C2)cc1OC. The van der Waals surface area contributed by atoms with Crippen molar-refractivity contribution in [3.8, 4) is 17.2 Å². The van der Waals surface area contributed by atoms with Crippen LogP contribution in [0.2, 0.25) is 0 Å². The normalized spacial score (nSPS) is 19.0. The van der Waals surface area contributed by atoms with Crippen LogP contribution in [0.25, 0.3) is 0 Å². The molecule has 5 rings (SSSR count). The maximum Gasteiger partial charge on any atom is 0.263 e. The van der Waals surface area contributed by atoms with Gasteiger partial charge in [-0.25, -0.2) is 8.42 Å². The number of rotatable bonds is 8. The van der Waals surface area contributed by atoms with E-state index in [0.717, 1.165) is 5.56 Å². The van der Waals surface area contributed by atoms with Crippen LogP contribution in [0.1, 0.15) is 18.4 Å². The molecule has 2 aliphatic rings. The molecular formula is C30H33N3O7S.